The number of hydrogen-bond donors (Lipinski definition) is 1. The highest BCUT2D eigenvalue weighted by molar-refractivity contribution is 6.31. The average molecular weight is 565 g/mol. The lowest BCUT2D eigenvalue weighted by molar-refractivity contribution is -0.132. The van der Waals surface area contributed by atoms with E-state index in [0.717, 1.165) is 28.1 Å². The van der Waals surface area contributed by atoms with Gasteiger partial charge in [0.25, 0.3) is 5.91 Å². The molecule has 41 heavy (non-hydrogen) atoms. The van der Waals surface area contributed by atoms with Crippen LogP contribution in [0.25, 0.3) is 28.1 Å². The van der Waals surface area contributed by atoms with Crippen molar-refractivity contribution in [1.82, 2.24) is 9.78 Å². The van der Waals surface area contributed by atoms with Crippen molar-refractivity contribution in [3.8, 4) is 34.0 Å². The van der Waals surface area contributed by atoms with Crippen molar-refractivity contribution in [3.63, 3.8) is 0 Å². The number of anilines is 2. The van der Waals surface area contributed by atoms with E-state index in [1.165, 1.54) is 6.92 Å². The molecule has 0 aliphatic carbocycles. The molecule has 4 aromatic carbocycles. The predicted molar refractivity (Wildman–Crippen MR) is 164 cm³/mol. The Hall–Kier alpha value is -4.88. The van der Waals surface area contributed by atoms with E-state index in [4.69, 9.17) is 21.4 Å². The van der Waals surface area contributed by atoms with E-state index in [1.807, 2.05) is 86.6 Å². The summed E-state index contributed by atoms with van der Waals surface area (Å²) in [5.74, 6) is -0.421. The second kappa shape index (κ2) is 11.7. The summed E-state index contributed by atoms with van der Waals surface area (Å²) in [7, 11) is 3.96. The quantitative estimate of drug-likeness (QED) is 0.208. The van der Waals surface area contributed by atoms with Crippen LogP contribution in [0.15, 0.2) is 97.1 Å². The number of amides is 1. The van der Waals surface area contributed by atoms with E-state index in [1.54, 1.807) is 41.1 Å². The van der Waals surface area contributed by atoms with Crippen molar-refractivity contribution in [3.05, 3.63) is 113 Å². The van der Waals surface area contributed by atoms with E-state index >= 15 is 0 Å². The van der Waals surface area contributed by atoms with Crippen molar-refractivity contribution in [2.75, 3.05) is 24.3 Å². The minimum atomic E-state index is -0.460. The summed E-state index contributed by atoms with van der Waals surface area (Å²) in [6.07, 6.45) is 0. The van der Waals surface area contributed by atoms with Crippen LogP contribution in [0.5, 0.6) is 5.88 Å². The molecule has 1 N–H and O–H groups in total. The lowest BCUT2D eigenvalue weighted by Gasteiger charge is -2.14. The molecule has 1 amide bonds. The number of nitrogens with zero attached hydrogens (tertiary/aromatic N) is 3. The topological polar surface area (TPSA) is 76.5 Å². The van der Waals surface area contributed by atoms with Gasteiger partial charge in [0, 0.05) is 48.5 Å². The number of nitrogens with one attached hydrogen (secondary N) is 1. The van der Waals surface area contributed by atoms with Crippen LogP contribution >= 0.6 is 11.6 Å². The Balaban J connectivity index is 1.63. The van der Waals surface area contributed by atoms with Crippen LogP contribution < -0.4 is 15.0 Å². The summed E-state index contributed by atoms with van der Waals surface area (Å²) in [6.45, 7) is 3.38. The second-order valence-corrected chi connectivity index (χ2v) is 10.3. The van der Waals surface area contributed by atoms with E-state index in [9.17, 15) is 9.59 Å². The van der Waals surface area contributed by atoms with Crippen molar-refractivity contribution in [2.24, 2.45) is 0 Å². The second-order valence-electron chi connectivity index (χ2n) is 9.86. The molecule has 0 spiro atoms. The van der Waals surface area contributed by atoms with E-state index in [0.29, 0.717) is 33.4 Å². The molecule has 0 saturated carbocycles. The molecule has 0 radical (unpaired) electrons. The first-order chi connectivity index (χ1) is 19.7. The Morgan fingerprint density at radius 2 is 1.59 bits per heavy atom. The van der Waals surface area contributed by atoms with Crippen LogP contribution in [0.4, 0.5) is 11.4 Å². The maximum absolute atomic E-state index is 12.8. The molecule has 0 aliphatic heterocycles. The van der Waals surface area contributed by atoms with Gasteiger partial charge in [0.15, 0.2) is 0 Å². The Morgan fingerprint density at radius 1 is 0.878 bits per heavy atom. The minimum absolute atomic E-state index is 0.269. The first-order valence-electron chi connectivity index (χ1n) is 13.0. The Labute approximate surface area is 244 Å². The number of esters is 1. The van der Waals surface area contributed by atoms with Gasteiger partial charge in [-0.3, -0.25) is 9.59 Å². The highest BCUT2D eigenvalue weighted by Crippen LogP contribution is 2.42. The van der Waals surface area contributed by atoms with Gasteiger partial charge in [-0.15, -0.1) is 0 Å². The maximum Gasteiger partial charge on any atom is 0.309 e. The van der Waals surface area contributed by atoms with Crippen LogP contribution in [0.2, 0.25) is 5.02 Å². The molecular formula is C33H29ClN4O3. The SMILES string of the molecule is CC(=O)Oc1c(-c2ccc(NC(=O)c3cccc(Cl)c3)cc2)c(-c2cccc(N(C)C)c2)nn1-c1ccc(C)cc1. The van der Waals surface area contributed by atoms with Crippen molar-refractivity contribution in [2.45, 2.75) is 13.8 Å². The third-order valence-corrected chi connectivity index (χ3v) is 6.75. The van der Waals surface area contributed by atoms with Crippen LogP contribution in [0, 0.1) is 6.92 Å². The number of ether oxygens (including phenoxy) is 1. The van der Waals surface area contributed by atoms with Crippen LogP contribution in [0.3, 0.4) is 0 Å². The standard InChI is InChI=1S/C33H29ClN4O3/c1-21-11-17-28(18-12-21)38-33(41-22(2)39)30(31(36-38)24-7-6-10-29(20-24)37(3)4)23-13-15-27(16-14-23)35-32(40)25-8-5-9-26(34)19-25/h5-20H,1-4H3,(H,35,40). The molecule has 5 aromatic rings. The van der Waals surface area contributed by atoms with Gasteiger partial charge in [-0.05, 0) is 67.1 Å². The van der Waals surface area contributed by atoms with E-state index < -0.39 is 5.97 Å². The van der Waals surface area contributed by atoms with Gasteiger partial charge >= 0.3 is 5.97 Å². The maximum atomic E-state index is 12.8. The number of carbonyl (C=O) groups is 2. The zero-order valence-corrected chi connectivity index (χ0v) is 23.9. The van der Waals surface area contributed by atoms with Crippen molar-refractivity contribution < 1.29 is 14.3 Å². The molecule has 206 valence electrons. The van der Waals surface area contributed by atoms with Gasteiger partial charge in [-0.2, -0.15) is 9.78 Å². The highest BCUT2D eigenvalue weighted by Gasteiger charge is 2.25. The number of aromatic nitrogens is 2. The molecule has 0 atom stereocenters. The monoisotopic (exact) mass is 564 g/mol. The van der Waals surface area contributed by atoms with Gasteiger partial charge in [0.2, 0.25) is 5.88 Å². The summed E-state index contributed by atoms with van der Waals surface area (Å²) in [6, 6.07) is 30.0. The van der Waals surface area contributed by atoms with E-state index in [-0.39, 0.29) is 5.91 Å². The summed E-state index contributed by atoms with van der Waals surface area (Å²) in [4.78, 5) is 27.1. The molecule has 5 rings (SSSR count). The zero-order valence-electron chi connectivity index (χ0n) is 23.2. The summed E-state index contributed by atoms with van der Waals surface area (Å²) < 4.78 is 7.48. The van der Waals surface area contributed by atoms with Gasteiger partial charge < -0.3 is 15.0 Å². The highest BCUT2D eigenvalue weighted by atomic mass is 35.5. The van der Waals surface area contributed by atoms with Gasteiger partial charge in [-0.1, -0.05) is 59.6 Å². The summed E-state index contributed by atoms with van der Waals surface area (Å²) >= 11 is 6.05. The number of carbonyl (C=O) groups excluding carboxylic acids is 2. The Bertz CT molecular complexity index is 1720. The third-order valence-electron chi connectivity index (χ3n) is 6.52. The van der Waals surface area contributed by atoms with Gasteiger partial charge in [0.05, 0.1) is 11.3 Å². The largest absolute Gasteiger partial charge is 0.407 e. The minimum Gasteiger partial charge on any atom is -0.407 e. The Kier molecular flexibility index (Phi) is 7.90. The van der Waals surface area contributed by atoms with Gasteiger partial charge in [-0.25, -0.2) is 0 Å². The molecule has 1 aromatic heterocycles. The first kappa shape index (κ1) is 27.7. The fourth-order valence-corrected chi connectivity index (χ4v) is 4.63. The fourth-order valence-electron chi connectivity index (χ4n) is 4.44. The molecule has 7 nitrogen and oxygen atoms in total. The van der Waals surface area contributed by atoms with Crippen LogP contribution in [-0.2, 0) is 4.79 Å². The van der Waals surface area contributed by atoms with E-state index in [2.05, 4.69) is 5.32 Å². The van der Waals surface area contributed by atoms with Crippen molar-refractivity contribution >= 4 is 34.9 Å². The number of aryl methyl sites for hydroxylation is 1. The molecular weight excluding hydrogens is 536 g/mol. The average Bonchev–Trinajstić information content (AvgIpc) is 3.32. The molecule has 0 aliphatic rings. The number of halogens is 1. The molecule has 0 saturated heterocycles. The van der Waals surface area contributed by atoms with Crippen molar-refractivity contribution in [1.29, 1.82) is 0 Å². The number of rotatable bonds is 7. The summed E-state index contributed by atoms with van der Waals surface area (Å²) in [5, 5.41) is 8.36. The number of benzene rings is 4. The lowest BCUT2D eigenvalue weighted by Crippen LogP contribution is -2.11. The van der Waals surface area contributed by atoms with Crippen LogP contribution in [-0.4, -0.2) is 35.8 Å². The van der Waals surface area contributed by atoms with Crippen LogP contribution in [0.1, 0.15) is 22.8 Å². The first-order valence-corrected chi connectivity index (χ1v) is 13.4. The molecule has 0 bridgehead atoms. The van der Waals surface area contributed by atoms with Gasteiger partial charge in [0.1, 0.15) is 5.69 Å². The predicted octanol–water partition coefficient (Wildman–Crippen LogP) is 7.41. The summed E-state index contributed by atoms with van der Waals surface area (Å²) in [5.41, 5.74) is 6.88. The smallest absolute Gasteiger partial charge is 0.309 e. The molecule has 0 unspecified atom stereocenters. The lowest BCUT2D eigenvalue weighted by atomic mass is 10.0. The molecule has 8 heteroatoms. The molecule has 1 heterocycles. The zero-order chi connectivity index (χ0) is 29.1. The molecule has 0 fully saturated rings. The third kappa shape index (κ3) is 6.15. The Morgan fingerprint density at radius 3 is 2.24 bits per heavy atom. The fraction of sp³-hybridized carbons (Fsp3) is 0.121. The normalized spacial score (nSPS) is 10.8. The number of hydrogen-bond acceptors (Lipinski definition) is 5.